The third-order valence-electron chi connectivity index (χ3n) is 2.31. The largest absolute Gasteiger partial charge is 0.287 e. The van der Waals surface area contributed by atoms with Gasteiger partial charge in [0.25, 0.3) is 0 Å². The molecule has 1 aromatic carbocycles. The van der Waals surface area contributed by atoms with E-state index in [-0.39, 0.29) is 10.0 Å². The normalized spacial score (nSPS) is 10.6. The zero-order chi connectivity index (χ0) is 12.6. The predicted octanol–water partition coefficient (Wildman–Crippen LogP) is 3.32. The van der Waals surface area contributed by atoms with Crippen molar-refractivity contribution in [3.05, 3.63) is 50.4 Å². The number of hydrogen-bond donors (Lipinski definition) is 0. The molecule has 0 N–H and O–H groups in total. The number of benzene rings is 1. The highest BCUT2D eigenvalue weighted by molar-refractivity contribution is 9.10. The van der Waals surface area contributed by atoms with Crippen molar-refractivity contribution in [2.75, 3.05) is 0 Å². The molecule has 3 nitrogen and oxygen atoms in total. The fourth-order valence-corrected chi connectivity index (χ4v) is 2.37. The van der Waals surface area contributed by atoms with Crippen molar-refractivity contribution >= 4 is 37.6 Å². The molecule has 0 bridgehead atoms. The van der Waals surface area contributed by atoms with Crippen molar-refractivity contribution in [1.29, 1.82) is 0 Å². The second kappa shape index (κ2) is 4.70. The number of halogens is 3. The Morgan fingerprint density at radius 3 is 2.65 bits per heavy atom. The fraction of sp³-hybridized carbons (Fsp3) is 0.0909. The van der Waals surface area contributed by atoms with Gasteiger partial charge in [-0.25, -0.2) is 4.39 Å². The van der Waals surface area contributed by atoms with E-state index in [0.29, 0.717) is 10.2 Å². The molecule has 2 rings (SSSR count). The van der Waals surface area contributed by atoms with Crippen molar-refractivity contribution in [3.8, 4) is 0 Å². The van der Waals surface area contributed by atoms with Gasteiger partial charge in [0.1, 0.15) is 11.5 Å². The van der Waals surface area contributed by atoms with Gasteiger partial charge < -0.3 is 0 Å². The molecule has 0 radical (unpaired) electrons. The summed E-state index contributed by atoms with van der Waals surface area (Å²) in [4.78, 5) is 12.2. The number of ketones is 1. The van der Waals surface area contributed by atoms with Gasteiger partial charge in [-0.2, -0.15) is 5.10 Å². The smallest absolute Gasteiger partial charge is 0.215 e. The van der Waals surface area contributed by atoms with Crippen molar-refractivity contribution in [2.24, 2.45) is 7.05 Å². The van der Waals surface area contributed by atoms with E-state index >= 15 is 0 Å². The summed E-state index contributed by atoms with van der Waals surface area (Å²) in [7, 11) is 1.63. The summed E-state index contributed by atoms with van der Waals surface area (Å²) in [5, 5.41) is 3.93. The second-order valence-corrected chi connectivity index (χ2v) is 5.10. The minimum atomic E-state index is -0.564. The van der Waals surface area contributed by atoms with E-state index in [9.17, 15) is 9.18 Å². The summed E-state index contributed by atoms with van der Waals surface area (Å²) in [6.45, 7) is 0. The Morgan fingerprint density at radius 2 is 2.06 bits per heavy atom. The van der Waals surface area contributed by atoms with Gasteiger partial charge in [-0.3, -0.25) is 9.48 Å². The maximum atomic E-state index is 13.8. The van der Waals surface area contributed by atoms with Crippen molar-refractivity contribution in [3.63, 3.8) is 0 Å². The van der Waals surface area contributed by atoms with Crippen LogP contribution in [0.2, 0.25) is 0 Å². The SMILES string of the molecule is Cn1ncc(Br)c1C(=O)c1cccc(Br)c1F. The van der Waals surface area contributed by atoms with Crippen LogP contribution >= 0.6 is 31.9 Å². The number of rotatable bonds is 2. The van der Waals surface area contributed by atoms with Crippen LogP contribution < -0.4 is 0 Å². The Kier molecular flexibility index (Phi) is 3.44. The highest BCUT2D eigenvalue weighted by Crippen LogP contribution is 2.24. The zero-order valence-electron chi connectivity index (χ0n) is 8.75. The molecule has 1 heterocycles. The van der Waals surface area contributed by atoms with E-state index in [0.717, 1.165) is 0 Å². The van der Waals surface area contributed by atoms with Crippen molar-refractivity contribution in [2.45, 2.75) is 0 Å². The Morgan fingerprint density at radius 1 is 1.35 bits per heavy atom. The molecule has 0 aliphatic heterocycles. The molecule has 2 aromatic rings. The lowest BCUT2D eigenvalue weighted by atomic mass is 10.1. The highest BCUT2D eigenvalue weighted by atomic mass is 79.9. The maximum absolute atomic E-state index is 13.8. The summed E-state index contributed by atoms with van der Waals surface area (Å²) in [6.07, 6.45) is 1.50. The first-order chi connectivity index (χ1) is 8.02. The molecule has 0 fully saturated rings. The molecule has 0 saturated carbocycles. The van der Waals surface area contributed by atoms with Gasteiger partial charge in [0.05, 0.1) is 20.7 Å². The van der Waals surface area contributed by atoms with Crippen molar-refractivity contribution < 1.29 is 9.18 Å². The Labute approximate surface area is 114 Å². The molecule has 1 aromatic heterocycles. The predicted molar refractivity (Wildman–Crippen MR) is 68.4 cm³/mol. The monoisotopic (exact) mass is 360 g/mol. The van der Waals surface area contributed by atoms with Crippen LogP contribution in [0, 0.1) is 5.82 Å². The van der Waals surface area contributed by atoms with Gasteiger partial charge in [-0.1, -0.05) is 6.07 Å². The lowest BCUT2D eigenvalue weighted by Crippen LogP contribution is -2.11. The molecule has 0 spiro atoms. The van der Waals surface area contributed by atoms with Crippen LogP contribution in [0.5, 0.6) is 0 Å². The summed E-state index contributed by atoms with van der Waals surface area (Å²) in [5.74, 6) is -0.971. The first-order valence-electron chi connectivity index (χ1n) is 4.68. The molecule has 0 saturated heterocycles. The lowest BCUT2D eigenvalue weighted by Gasteiger charge is -2.05. The number of aromatic nitrogens is 2. The van der Waals surface area contributed by atoms with Crippen LogP contribution in [0.4, 0.5) is 4.39 Å². The third kappa shape index (κ3) is 2.19. The molecule has 88 valence electrons. The van der Waals surface area contributed by atoms with E-state index in [1.807, 2.05) is 0 Å². The Balaban J connectivity index is 2.55. The molecule has 0 amide bonds. The number of carbonyl (C=O) groups is 1. The average Bonchev–Trinajstić information content (AvgIpc) is 2.62. The van der Waals surface area contributed by atoms with E-state index in [1.165, 1.54) is 16.9 Å². The van der Waals surface area contributed by atoms with Crippen LogP contribution in [-0.4, -0.2) is 15.6 Å². The minimum absolute atomic E-state index is 0.0173. The van der Waals surface area contributed by atoms with Gasteiger partial charge in [-0.05, 0) is 44.0 Å². The topological polar surface area (TPSA) is 34.9 Å². The highest BCUT2D eigenvalue weighted by Gasteiger charge is 2.21. The van der Waals surface area contributed by atoms with E-state index in [4.69, 9.17) is 0 Å². The Hall–Kier alpha value is -1.01. The number of aryl methyl sites for hydroxylation is 1. The van der Waals surface area contributed by atoms with E-state index in [1.54, 1.807) is 19.2 Å². The van der Waals surface area contributed by atoms with Gasteiger partial charge in [0.2, 0.25) is 5.78 Å². The third-order valence-corrected chi connectivity index (χ3v) is 3.50. The van der Waals surface area contributed by atoms with Gasteiger partial charge in [0, 0.05) is 7.05 Å². The summed E-state index contributed by atoms with van der Waals surface area (Å²) in [6, 6.07) is 4.61. The van der Waals surface area contributed by atoms with Crippen LogP contribution in [0.25, 0.3) is 0 Å². The van der Waals surface area contributed by atoms with Crippen LogP contribution in [0.15, 0.2) is 33.3 Å². The van der Waals surface area contributed by atoms with Crippen LogP contribution in [0.1, 0.15) is 16.1 Å². The zero-order valence-corrected chi connectivity index (χ0v) is 11.9. The first kappa shape index (κ1) is 12.4. The van der Waals surface area contributed by atoms with Gasteiger partial charge in [-0.15, -0.1) is 0 Å². The fourth-order valence-electron chi connectivity index (χ4n) is 1.47. The standard InChI is InChI=1S/C11H7Br2FN2O/c1-16-10(8(13)5-15-16)11(17)6-3-2-4-7(12)9(6)14/h2-5H,1H3. The molecular formula is C11H7Br2FN2O. The number of carbonyl (C=O) groups excluding carboxylic acids is 1. The van der Waals surface area contributed by atoms with Crippen LogP contribution in [0.3, 0.4) is 0 Å². The van der Waals surface area contributed by atoms with E-state index in [2.05, 4.69) is 37.0 Å². The number of hydrogen-bond acceptors (Lipinski definition) is 2. The summed E-state index contributed by atoms with van der Waals surface area (Å²) in [5.41, 5.74) is 0.339. The molecule has 0 aliphatic carbocycles. The average molecular weight is 362 g/mol. The lowest BCUT2D eigenvalue weighted by molar-refractivity contribution is 0.102. The molecule has 0 atom stereocenters. The molecule has 17 heavy (non-hydrogen) atoms. The second-order valence-electron chi connectivity index (χ2n) is 3.40. The molecule has 6 heteroatoms. The molecule has 0 aliphatic rings. The van der Waals surface area contributed by atoms with Crippen molar-refractivity contribution in [1.82, 2.24) is 9.78 Å². The minimum Gasteiger partial charge on any atom is -0.287 e. The summed E-state index contributed by atoms with van der Waals surface area (Å²) >= 11 is 6.27. The Bertz CT molecular complexity index is 576. The maximum Gasteiger partial charge on any atom is 0.215 e. The summed E-state index contributed by atoms with van der Waals surface area (Å²) < 4.78 is 16.0. The molecular weight excluding hydrogens is 355 g/mol. The first-order valence-corrected chi connectivity index (χ1v) is 6.27. The van der Waals surface area contributed by atoms with Crippen LogP contribution in [-0.2, 0) is 7.05 Å². The van der Waals surface area contributed by atoms with Gasteiger partial charge >= 0.3 is 0 Å². The van der Waals surface area contributed by atoms with Gasteiger partial charge in [0.15, 0.2) is 0 Å². The number of nitrogens with zero attached hydrogens (tertiary/aromatic N) is 2. The van der Waals surface area contributed by atoms with E-state index < -0.39 is 11.6 Å². The quantitative estimate of drug-likeness (QED) is 0.769. The molecule has 0 unspecified atom stereocenters.